The standard InChI is InChI=1S/C8H16N2O4/c1-6(2)8(10(3)9-12)14-7(11)5-13-4/h6,8H,5H2,1-4H3. The van der Waals surface area contributed by atoms with E-state index in [1.807, 2.05) is 13.8 Å². The van der Waals surface area contributed by atoms with Crippen LogP contribution in [-0.4, -0.2) is 38.0 Å². The minimum atomic E-state index is -0.643. The predicted octanol–water partition coefficient (Wildman–Crippen LogP) is 0.771. The molecule has 82 valence electrons. The molecule has 0 aromatic carbocycles. The molecule has 0 aliphatic rings. The molecular weight excluding hydrogens is 188 g/mol. The highest BCUT2D eigenvalue weighted by molar-refractivity contribution is 5.70. The number of carbonyl (C=O) groups is 1. The topological polar surface area (TPSA) is 68.2 Å². The van der Waals surface area contributed by atoms with Gasteiger partial charge in [0.1, 0.15) is 6.61 Å². The van der Waals surface area contributed by atoms with Gasteiger partial charge in [-0.2, -0.15) is 0 Å². The van der Waals surface area contributed by atoms with Crippen LogP contribution in [0.5, 0.6) is 0 Å². The molecule has 1 atom stereocenters. The van der Waals surface area contributed by atoms with Gasteiger partial charge in [-0.25, -0.2) is 9.80 Å². The van der Waals surface area contributed by atoms with Crippen LogP contribution in [0.15, 0.2) is 5.29 Å². The van der Waals surface area contributed by atoms with Crippen LogP contribution in [0.4, 0.5) is 0 Å². The van der Waals surface area contributed by atoms with E-state index in [1.54, 1.807) is 0 Å². The Kier molecular flexibility index (Phi) is 5.78. The number of nitroso groups, excluding NO2 is 1. The minimum absolute atomic E-state index is 0.0153. The van der Waals surface area contributed by atoms with E-state index in [9.17, 15) is 9.70 Å². The molecule has 0 fully saturated rings. The Morgan fingerprint density at radius 3 is 2.43 bits per heavy atom. The van der Waals surface area contributed by atoms with E-state index in [-0.39, 0.29) is 12.5 Å². The predicted molar refractivity (Wildman–Crippen MR) is 50.2 cm³/mol. The maximum absolute atomic E-state index is 11.1. The van der Waals surface area contributed by atoms with Gasteiger partial charge in [-0.05, 0) is 0 Å². The molecule has 6 nitrogen and oxygen atoms in total. The second-order valence-corrected chi connectivity index (χ2v) is 3.21. The van der Waals surface area contributed by atoms with E-state index in [4.69, 9.17) is 4.74 Å². The SMILES string of the molecule is COCC(=O)OC(C(C)C)N(C)N=O. The molecule has 0 aliphatic heterocycles. The van der Waals surface area contributed by atoms with Crippen molar-refractivity contribution < 1.29 is 14.3 Å². The fraction of sp³-hybridized carbons (Fsp3) is 0.875. The first-order chi connectivity index (χ1) is 6.52. The lowest BCUT2D eigenvalue weighted by Gasteiger charge is -2.25. The first-order valence-corrected chi connectivity index (χ1v) is 4.27. The summed E-state index contributed by atoms with van der Waals surface area (Å²) in [6.45, 7) is 3.52. The molecule has 0 bridgehead atoms. The lowest BCUT2D eigenvalue weighted by Crippen LogP contribution is -2.37. The Bertz CT molecular complexity index is 196. The molecule has 0 amide bonds. The van der Waals surface area contributed by atoms with Gasteiger partial charge in [-0.3, -0.25) is 0 Å². The Hall–Kier alpha value is -1.17. The van der Waals surface area contributed by atoms with Crippen molar-refractivity contribution in [3.05, 3.63) is 4.91 Å². The van der Waals surface area contributed by atoms with Gasteiger partial charge in [0.2, 0.25) is 0 Å². The fourth-order valence-corrected chi connectivity index (χ4v) is 0.977. The first-order valence-electron chi connectivity index (χ1n) is 4.27. The summed E-state index contributed by atoms with van der Waals surface area (Å²) in [7, 11) is 2.85. The number of carbonyl (C=O) groups excluding carboxylic acids is 1. The molecule has 0 spiro atoms. The quantitative estimate of drug-likeness (QED) is 0.276. The summed E-state index contributed by atoms with van der Waals surface area (Å²) in [6, 6.07) is 0. The summed E-state index contributed by atoms with van der Waals surface area (Å²) in [5.41, 5.74) is 0. The van der Waals surface area contributed by atoms with Crippen molar-refractivity contribution in [2.24, 2.45) is 11.2 Å². The monoisotopic (exact) mass is 204 g/mol. The number of hydrogen-bond donors (Lipinski definition) is 0. The van der Waals surface area contributed by atoms with Gasteiger partial charge in [0.15, 0.2) is 6.23 Å². The van der Waals surface area contributed by atoms with Crippen LogP contribution in [0.1, 0.15) is 13.8 Å². The maximum Gasteiger partial charge on any atom is 0.334 e. The highest BCUT2D eigenvalue weighted by Crippen LogP contribution is 2.11. The largest absolute Gasteiger partial charge is 0.438 e. The number of esters is 1. The van der Waals surface area contributed by atoms with Crippen molar-refractivity contribution in [2.75, 3.05) is 20.8 Å². The molecule has 0 aromatic heterocycles. The van der Waals surface area contributed by atoms with Crippen molar-refractivity contribution in [1.82, 2.24) is 5.01 Å². The molecule has 0 N–H and O–H groups in total. The highest BCUT2D eigenvalue weighted by atomic mass is 16.6. The van der Waals surface area contributed by atoms with Crippen molar-refractivity contribution in [1.29, 1.82) is 0 Å². The Balaban J connectivity index is 4.22. The van der Waals surface area contributed by atoms with Gasteiger partial charge in [-0.1, -0.05) is 13.8 Å². The second-order valence-electron chi connectivity index (χ2n) is 3.21. The highest BCUT2D eigenvalue weighted by Gasteiger charge is 2.22. The third-order valence-corrected chi connectivity index (χ3v) is 1.58. The van der Waals surface area contributed by atoms with Gasteiger partial charge in [0, 0.05) is 20.1 Å². The van der Waals surface area contributed by atoms with Crippen LogP contribution in [0, 0.1) is 10.8 Å². The van der Waals surface area contributed by atoms with Gasteiger partial charge in [0.05, 0.1) is 5.29 Å². The fourth-order valence-electron chi connectivity index (χ4n) is 0.977. The summed E-state index contributed by atoms with van der Waals surface area (Å²) in [4.78, 5) is 21.3. The Morgan fingerprint density at radius 2 is 2.07 bits per heavy atom. The third-order valence-electron chi connectivity index (χ3n) is 1.58. The maximum atomic E-state index is 11.1. The van der Waals surface area contributed by atoms with Crippen molar-refractivity contribution in [2.45, 2.75) is 20.1 Å². The smallest absolute Gasteiger partial charge is 0.334 e. The molecule has 0 radical (unpaired) electrons. The average Bonchev–Trinajstić information content (AvgIpc) is 2.13. The number of hydrogen-bond acceptors (Lipinski definition) is 5. The molecule has 0 heterocycles. The molecular formula is C8H16N2O4. The zero-order valence-electron chi connectivity index (χ0n) is 8.89. The zero-order valence-corrected chi connectivity index (χ0v) is 8.89. The van der Waals surface area contributed by atoms with Crippen LogP contribution in [0.3, 0.4) is 0 Å². The van der Waals surface area contributed by atoms with Crippen LogP contribution in [0.2, 0.25) is 0 Å². The van der Waals surface area contributed by atoms with Gasteiger partial charge >= 0.3 is 5.97 Å². The Morgan fingerprint density at radius 1 is 1.50 bits per heavy atom. The van der Waals surface area contributed by atoms with Crippen molar-refractivity contribution >= 4 is 5.97 Å². The van der Waals surface area contributed by atoms with E-state index >= 15 is 0 Å². The first kappa shape index (κ1) is 12.8. The van der Waals surface area contributed by atoms with Crippen LogP contribution < -0.4 is 0 Å². The summed E-state index contributed by atoms with van der Waals surface area (Å²) >= 11 is 0. The summed E-state index contributed by atoms with van der Waals surface area (Å²) < 4.78 is 9.57. The lowest BCUT2D eigenvalue weighted by molar-refractivity contribution is -0.167. The van der Waals surface area contributed by atoms with E-state index in [1.165, 1.54) is 14.2 Å². The van der Waals surface area contributed by atoms with Crippen LogP contribution in [-0.2, 0) is 14.3 Å². The average molecular weight is 204 g/mol. The van der Waals surface area contributed by atoms with E-state index < -0.39 is 12.2 Å². The van der Waals surface area contributed by atoms with Crippen LogP contribution >= 0.6 is 0 Å². The van der Waals surface area contributed by atoms with Crippen molar-refractivity contribution in [3.8, 4) is 0 Å². The second kappa shape index (κ2) is 6.31. The summed E-state index contributed by atoms with van der Waals surface area (Å²) in [6.07, 6.45) is -0.643. The van der Waals surface area contributed by atoms with Gasteiger partial charge < -0.3 is 9.47 Å². The molecule has 0 saturated carbocycles. The summed E-state index contributed by atoms with van der Waals surface area (Å²) in [5.74, 6) is -0.528. The third kappa shape index (κ3) is 4.18. The summed E-state index contributed by atoms with van der Waals surface area (Å²) in [5, 5.41) is 3.76. The number of nitrogens with zero attached hydrogens (tertiary/aromatic N) is 2. The molecule has 0 rings (SSSR count). The van der Waals surface area contributed by atoms with Crippen molar-refractivity contribution in [3.63, 3.8) is 0 Å². The minimum Gasteiger partial charge on any atom is -0.438 e. The lowest BCUT2D eigenvalue weighted by atomic mass is 10.2. The zero-order chi connectivity index (χ0) is 11.1. The number of methoxy groups -OCH3 is 1. The van der Waals surface area contributed by atoms with Gasteiger partial charge in [-0.15, -0.1) is 4.91 Å². The van der Waals surface area contributed by atoms with E-state index in [0.717, 1.165) is 5.01 Å². The van der Waals surface area contributed by atoms with E-state index in [0.29, 0.717) is 0 Å². The van der Waals surface area contributed by atoms with E-state index in [2.05, 4.69) is 10.0 Å². The van der Waals surface area contributed by atoms with Gasteiger partial charge in [0.25, 0.3) is 0 Å². The van der Waals surface area contributed by atoms with Crippen LogP contribution in [0.25, 0.3) is 0 Å². The molecule has 0 saturated heterocycles. The molecule has 0 aromatic rings. The molecule has 14 heavy (non-hydrogen) atoms. The normalized spacial score (nSPS) is 12.4. The molecule has 6 heteroatoms. The molecule has 1 unspecified atom stereocenters. The number of rotatable bonds is 6. The number of ether oxygens (including phenoxy) is 2. The molecule has 0 aliphatic carbocycles. The Labute approximate surface area is 83.1 Å².